The number of hydrogen-bond donors (Lipinski definition) is 2. The van der Waals surface area contributed by atoms with Crippen LogP contribution in [0.5, 0.6) is 28.7 Å². The van der Waals surface area contributed by atoms with E-state index in [1.165, 1.54) is 33.1 Å². The minimum absolute atomic E-state index is 0.00590. The number of aromatic hydroxyl groups is 1. The highest BCUT2D eigenvalue weighted by molar-refractivity contribution is 5.80. The van der Waals surface area contributed by atoms with E-state index in [0.717, 1.165) is 0 Å². The number of methoxy groups -OCH3 is 4. The Morgan fingerprint density at radius 2 is 1.56 bits per heavy atom. The van der Waals surface area contributed by atoms with Crippen LogP contribution in [0.1, 0.15) is 5.56 Å². The fourth-order valence-electron chi connectivity index (χ4n) is 3.72. The lowest BCUT2D eigenvalue weighted by molar-refractivity contribution is 0.324. The van der Waals surface area contributed by atoms with E-state index in [0.29, 0.717) is 50.9 Å². The standard InChI is InChI=1S/C25H25N3O6/c1-31-19-11-7-8-15(22(19)29)14-26-28-24(27-18-10-6-5-9-17(18)25(28)30)16-12-20(32-2)23(34-4)21(13-16)33-3/h5-13,26,29H,14H2,1-4H3. The molecule has 0 unspecified atom stereocenters. The molecule has 34 heavy (non-hydrogen) atoms. The van der Waals surface area contributed by atoms with E-state index >= 15 is 0 Å². The molecular formula is C25H25N3O6. The number of aromatic nitrogens is 2. The average molecular weight is 463 g/mol. The third-order valence-corrected chi connectivity index (χ3v) is 5.43. The van der Waals surface area contributed by atoms with Crippen molar-refractivity contribution < 1.29 is 24.1 Å². The van der Waals surface area contributed by atoms with Gasteiger partial charge in [0.05, 0.1) is 45.9 Å². The van der Waals surface area contributed by atoms with Crippen LogP contribution in [0.25, 0.3) is 22.3 Å². The normalized spacial score (nSPS) is 10.7. The van der Waals surface area contributed by atoms with Gasteiger partial charge in [0.25, 0.3) is 5.56 Å². The summed E-state index contributed by atoms with van der Waals surface area (Å²) in [6, 6.07) is 15.7. The van der Waals surface area contributed by atoms with E-state index in [-0.39, 0.29) is 17.9 Å². The first-order valence-corrected chi connectivity index (χ1v) is 10.4. The number of phenols is 1. The molecule has 176 valence electrons. The minimum Gasteiger partial charge on any atom is -0.504 e. The van der Waals surface area contributed by atoms with Gasteiger partial charge in [-0.25, -0.2) is 9.66 Å². The molecular weight excluding hydrogens is 438 g/mol. The van der Waals surface area contributed by atoms with Crippen molar-refractivity contribution in [3.05, 3.63) is 70.5 Å². The van der Waals surface area contributed by atoms with Gasteiger partial charge in [0.1, 0.15) is 0 Å². The smallest absolute Gasteiger partial charge is 0.280 e. The molecule has 2 N–H and O–H groups in total. The summed E-state index contributed by atoms with van der Waals surface area (Å²) in [6.45, 7) is 0.139. The van der Waals surface area contributed by atoms with Crippen molar-refractivity contribution in [1.82, 2.24) is 9.66 Å². The zero-order valence-electron chi connectivity index (χ0n) is 19.3. The highest BCUT2D eigenvalue weighted by Gasteiger charge is 2.19. The highest BCUT2D eigenvalue weighted by Crippen LogP contribution is 2.40. The molecule has 0 bridgehead atoms. The number of phenolic OH excluding ortho intramolecular Hbond substituents is 1. The number of nitrogens with zero attached hydrogens (tertiary/aromatic N) is 2. The Bertz CT molecular complexity index is 1370. The molecule has 4 rings (SSSR count). The van der Waals surface area contributed by atoms with Gasteiger partial charge in [0, 0.05) is 11.1 Å². The first-order valence-electron chi connectivity index (χ1n) is 10.4. The number of benzene rings is 3. The number of ether oxygens (including phenoxy) is 4. The molecule has 1 heterocycles. The van der Waals surface area contributed by atoms with Crippen LogP contribution < -0.4 is 29.9 Å². The molecule has 0 saturated heterocycles. The molecule has 9 heteroatoms. The summed E-state index contributed by atoms with van der Waals surface area (Å²) in [6.07, 6.45) is 0. The molecule has 0 atom stereocenters. The van der Waals surface area contributed by atoms with Crippen LogP contribution in [-0.4, -0.2) is 43.2 Å². The van der Waals surface area contributed by atoms with Gasteiger partial charge in [-0.05, 0) is 30.3 Å². The van der Waals surface area contributed by atoms with Gasteiger partial charge in [-0.1, -0.05) is 24.3 Å². The molecule has 0 saturated carbocycles. The SMILES string of the molecule is COc1cccc(CNn2c(-c3cc(OC)c(OC)c(OC)c3)nc3ccccc3c2=O)c1O. The van der Waals surface area contributed by atoms with Crippen LogP contribution in [0.4, 0.5) is 0 Å². The number of fused-ring (bicyclic) bond motifs is 1. The average Bonchev–Trinajstić information content (AvgIpc) is 2.87. The zero-order chi connectivity index (χ0) is 24.2. The second-order valence-electron chi connectivity index (χ2n) is 7.31. The van der Waals surface area contributed by atoms with Crippen LogP contribution in [0.3, 0.4) is 0 Å². The Morgan fingerprint density at radius 1 is 0.882 bits per heavy atom. The summed E-state index contributed by atoms with van der Waals surface area (Å²) < 4.78 is 22.9. The predicted molar refractivity (Wildman–Crippen MR) is 129 cm³/mol. The van der Waals surface area contributed by atoms with Crippen molar-refractivity contribution in [2.45, 2.75) is 6.54 Å². The summed E-state index contributed by atoms with van der Waals surface area (Å²) in [5.74, 6) is 1.96. The summed E-state index contributed by atoms with van der Waals surface area (Å²) in [5, 5.41) is 10.9. The first kappa shape index (κ1) is 22.8. The maximum Gasteiger partial charge on any atom is 0.280 e. The maximum absolute atomic E-state index is 13.5. The van der Waals surface area contributed by atoms with E-state index in [1.54, 1.807) is 48.5 Å². The summed E-state index contributed by atoms with van der Waals surface area (Å²) >= 11 is 0. The minimum atomic E-state index is -0.295. The Kier molecular flexibility index (Phi) is 6.44. The third-order valence-electron chi connectivity index (χ3n) is 5.43. The number of nitrogens with one attached hydrogen (secondary N) is 1. The van der Waals surface area contributed by atoms with Gasteiger partial charge in [0.2, 0.25) is 5.75 Å². The van der Waals surface area contributed by atoms with Crippen LogP contribution >= 0.6 is 0 Å². The van der Waals surface area contributed by atoms with Gasteiger partial charge < -0.3 is 29.5 Å². The lowest BCUT2D eigenvalue weighted by Crippen LogP contribution is -2.31. The van der Waals surface area contributed by atoms with E-state index in [4.69, 9.17) is 23.9 Å². The Hall–Kier alpha value is -4.40. The molecule has 3 aromatic carbocycles. The lowest BCUT2D eigenvalue weighted by atomic mass is 10.1. The van der Waals surface area contributed by atoms with E-state index in [1.807, 2.05) is 6.07 Å². The van der Waals surface area contributed by atoms with Crippen molar-refractivity contribution in [3.8, 4) is 40.1 Å². The maximum atomic E-state index is 13.5. The molecule has 0 amide bonds. The Labute approximate surface area is 196 Å². The van der Waals surface area contributed by atoms with Crippen LogP contribution in [-0.2, 0) is 6.54 Å². The Balaban J connectivity index is 1.89. The van der Waals surface area contributed by atoms with Crippen molar-refractivity contribution in [2.75, 3.05) is 33.9 Å². The van der Waals surface area contributed by atoms with E-state index in [2.05, 4.69) is 5.43 Å². The zero-order valence-corrected chi connectivity index (χ0v) is 19.3. The first-order chi connectivity index (χ1) is 16.5. The lowest BCUT2D eigenvalue weighted by Gasteiger charge is -2.18. The van der Waals surface area contributed by atoms with Gasteiger partial charge in [-0.3, -0.25) is 4.79 Å². The second kappa shape index (κ2) is 9.62. The molecule has 0 aliphatic carbocycles. The van der Waals surface area contributed by atoms with Crippen molar-refractivity contribution >= 4 is 10.9 Å². The van der Waals surface area contributed by atoms with Crippen molar-refractivity contribution in [2.24, 2.45) is 0 Å². The van der Waals surface area contributed by atoms with Crippen LogP contribution in [0.15, 0.2) is 59.4 Å². The molecule has 0 aliphatic rings. The molecule has 0 aliphatic heterocycles. The largest absolute Gasteiger partial charge is 0.504 e. The van der Waals surface area contributed by atoms with E-state index < -0.39 is 0 Å². The van der Waals surface area contributed by atoms with Crippen molar-refractivity contribution in [3.63, 3.8) is 0 Å². The number of rotatable bonds is 8. The van der Waals surface area contributed by atoms with Gasteiger partial charge in [-0.15, -0.1) is 0 Å². The molecule has 9 nitrogen and oxygen atoms in total. The van der Waals surface area contributed by atoms with Crippen LogP contribution in [0.2, 0.25) is 0 Å². The molecule has 4 aromatic rings. The fourth-order valence-corrected chi connectivity index (χ4v) is 3.72. The van der Waals surface area contributed by atoms with Gasteiger partial charge >= 0.3 is 0 Å². The predicted octanol–water partition coefficient (Wildman–Crippen LogP) is 3.55. The van der Waals surface area contributed by atoms with Gasteiger partial charge in [-0.2, -0.15) is 0 Å². The Morgan fingerprint density at radius 3 is 2.21 bits per heavy atom. The van der Waals surface area contributed by atoms with Crippen molar-refractivity contribution in [1.29, 1.82) is 0 Å². The molecule has 0 spiro atoms. The summed E-state index contributed by atoms with van der Waals surface area (Å²) in [4.78, 5) is 18.2. The molecule has 1 aromatic heterocycles. The quantitative estimate of drug-likeness (QED) is 0.409. The number of para-hydroxylation sites is 2. The van der Waals surface area contributed by atoms with Crippen LogP contribution in [0, 0.1) is 0 Å². The molecule has 0 radical (unpaired) electrons. The van der Waals surface area contributed by atoms with E-state index in [9.17, 15) is 9.90 Å². The fraction of sp³-hybridized carbons (Fsp3) is 0.200. The summed E-state index contributed by atoms with van der Waals surface area (Å²) in [5.41, 5.74) is 4.46. The monoisotopic (exact) mass is 463 g/mol. The third kappa shape index (κ3) is 4.03. The topological polar surface area (TPSA) is 104 Å². The summed E-state index contributed by atoms with van der Waals surface area (Å²) in [7, 11) is 6.04. The highest BCUT2D eigenvalue weighted by atomic mass is 16.5. The second-order valence-corrected chi connectivity index (χ2v) is 7.31. The number of hydrogen-bond acceptors (Lipinski definition) is 8. The van der Waals surface area contributed by atoms with Gasteiger partial charge in [0.15, 0.2) is 28.8 Å². The molecule has 0 fully saturated rings.